The molecule has 0 aliphatic rings. The summed E-state index contributed by atoms with van der Waals surface area (Å²) in [6, 6.07) is 3.62. The van der Waals surface area contributed by atoms with Crippen LogP contribution in [0.4, 0.5) is 0 Å². The highest BCUT2D eigenvalue weighted by molar-refractivity contribution is 5.83. The van der Waals surface area contributed by atoms with Crippen molar-refractivity contribution in [3.05, 3.63) is 41.1 Å². The summed E-state index contributed by atoms with van der Waals surface area (Å²) in [7, 11) is 1.89. The zero-order valence-electron chi connectivity index (χ0n) is 10.4. The molecule has 0 bridgehead atoms. The van der Waals surface area contributed by atoms with Gasteiger partial charge in [-0.05, 0) is 26.0 Å². The van der Waals surface area contributed by atoms with E-state index >= 15 is 0 Å². The summed E-state index contributed by atoms with van der Waals surface area (Å²) < 4.78 is 6.98. The molecule has 0 saturated heterocycles. The van der Waals surface area contributed by atoms with Gasteiger partial charge in [-0.2, -0.15) is 5.10 Å². The van der Waals surface area contributed by atoms with Crippen LogP contribution in [-0.4, -0.2) is 15.6 Å². The van der Waals surface area contributed by atoms with Crippen LogP contribution in [-0.2, 0) is 24.7 Å². The number of aromatic nitrogens is 2. The summed E-state index contributed by atoms with van der Waals surface area (Å²) in [4.78, 5) is 11.9. The second-order valence-electron chi connectivity index (χ2n) is 4.24. The minimum atomic E-state index is 0.152. The van der Waals surface area contributed by atoms with Gasteiger partial charge in [0.25, 0.3) is 0 Å². The Balaban J connectivity index is 2.08. The predicted molar refractivity (Wildman–Crippen MR) is 63.8 cm³/mol. The Hall–Kier alpha value is -1.84. The highest BCUT2D eigenvalue weighted by Crippen LogP contribution is 2.14. The summed E-state index contributed by atoms with van der Waals surface area (Å²) >= 11 is 0. The molecule has 0 amide bonds. The van der Waals surface area contributed by atoms with Gasteiger partial charge in [0, 0.05) is 24.7 Å². The quantitative estimate of drug-likeness (QED) is 0.809. The predicted octanol–water partition coefficient (Wildman–Crippen LogP) is 1.98. The molecule has 0 aliphatic carbocycles. The highest BCUT2D eigenvalue weighted by atomic mass is 16.3. The topological polar surface area (TPSA) is 48.0 Å². The van der Waals surface area contributed by atoms with Gasteiger partial charge in [-0.1, -0.05) is 0 Å². The zero-order valence-corrected chi connectivity index (χ0v) is 10.4. The van der Waals surface area contributed by atoms with Gasteiger partial charge in [-0.15, -0.1) is 0 Å². The van der Waals surface area contributed by atoms with E-state index in [4.69, 9.17) is 4.42 Å². The lowest BCUT2D eigenvalue weighted by Gasteiger charge is -2.00. The number of carbonyl (C=O) groups is 1. The molecule has 0 spiro atoms. The van der Waals surface area contributed by atoms with E-state index in [-0.39, 0.29) is 5.78 Å². The minimum absolute atomic E-state index is 0.152. The number of furan rings is 1. The normalized spacial score (nSPS) is 10.8. The Bertz CT molecular complexity index is 524. The van der Waals surface area contributed by atoms with Gasteiger partial charge in [0.05, 0.1) is 18.4 Å². The molecule has 0 unspecified atom stereocenters. The summed E-state index contributed by atoms with van der Waals surface area (Å²) in [5.74, 6) is 0.869. The SMILES string of the molecule is Cc1nn(C)c(C)c1CC(=O)Cc1ccco1. The number of hydrogen-bond acceptors (Lipinski definition) is 3. The van der Waals surface area contributed by atoms with Gasteiger partial charge in [-0.3, -0.25) is 9.48 Å². The molecule has 0 N–H and O–H groups in total. The monoisotopic (exact) mass is 232 g/mol. The molecule has 4 nitrogen and oxygen atoms in total. The number of aryl methyl sites for hydroxylation is 2. The molecule has 17 heavy (non-hydrogen) atoms. The van der Waals surface area contributed by atoms with Crippen LogP contribution in [0, 0.1) is 13.8 Å². The first-order valence-electron chi connectivity index (χ1n) is 5.61. The fourth-order valence-electron chi connectivity index (χ4n) is 1.94. The summed E-state index contributed by atoms with van der Waals surface area (Å²) in [5.41, 5.74) is 3.01. The molecule has 0 fully saturated rings. The van der Waals surface area contributed by atoms with E-state index < -0.39 is 0 Å². The lowest BCUT2D eigenvalue weighted by atomic mass is 10.0. The average Bonchev–Trinajstić information content (AvgIpc) is 2.83. The van der Waals surface area contributed by atoms with Crippen LogP contribution in [0.1, 0.15) is 22.7 Å². The summed E-state index contributed by atoms with van der Waals surface area (Å²) in [5, 5.41) is 4.30. The van der Waals surface area contributed by atoms with Crippen molar-refractivity contribution < 1.29 is 9.21 Å². The average molecular weight is 232 g/mol. The van der Waals surface area contributed by atoms with Gasteiger partial charge >= 0.3 is 0 Å². The van der Waals surface area contributed by atoms with Crippen molar-refractivity contribution >= 4 is 5.78 Å². The molecular weight excluding hydrogens is 216 g/mol. The number of Topliss-reactive ketones (excluding diaryl/α,β-unsaturated/α-hetero) is 1. The number of hydrogen-bond donors (Lipinski definition) is 0. The molecule has 2 aromatic heterocycles. The smallest absolute Gasteiger partial charge is 0.144 e. The molecule has 0 aliphatic heterocycles. The van der Waals surface area contributed by atoms with E-state index in [2.05, 4.69) is 5.10 Å². The van der Waals surface area contributed by atoms with Crippen LogP contribution in [0.3, 0.4) is 0 Å². The maximum Gasteiger partial charge on any atom is 0.144 e. The van der Waals surface area contributed by atoms with Crippen LogP contribution in [0.5, 0.6) is 0 Å². The van der Waals surface area contributed by atoms with E-state index in [1.807, 2.05) is 31.6 Å². The Morgan fingerprint density at radius 1 is 1.41 bits per heavy atom. The van der Waals surface area contributed by atoms with Crippen molar-refractivity contribution in [3.63, 3.8) is 0 Å². The van der Waals surface area contributed by atoms with Crippen molar-refractivity contribution in [1.82, 2.24) is 9.78 Å². The van der Waals surface area contributed by atoms with Crippen LogP contribution < -0.4 is 0 Å². The Morgan fingerprint density at radius 2 is 2.18 bits per heavy atom. The molecule has 0 radical (unpaired) electrons. The molecule has 90 valence electrons. The molecule has 0 aromatic carbocycles. The van der Waals surface area contributed by atoms with Gasteiger partial charge in [0.15, 0.2) is 0 Å². The van der Waals surface area contributed by atoms with E-state index in [9.17, 15) is 4.79 Å². The lowest BCUT2D eigenvalue weighted by Crippen LogP contribution is -2.07. The first kappa shape index (κ1) is 11.6. The Morgan fingerprint density at radius 3 is 2.71 bits per heavy atom. The third-order valence-corrected chi connectivity index (χ3v) is 2.98. The van der Waals surface area contributed by atoms with Crippen molar-refractivity contribution in [1.29, 1.82) is 0 Å². The molecule has 4 heteroatoms. The van der Waals surface area contributed by atoms with Crippen molar-refractivity contribution in [2.24, 2.45) is 7.05 Å². The van der Waals surface area contributed by atoms with E-state index in [0.29, 0.717) is 18.6 Å². The van der Waals surface area contributed by atoms with Gasteiger partial charge in [0.2, 0.25) is 0 Å². The molecule has 0 atom stereocenters. The maximum atomic E-state index is 11.9. The van der Waals surface area contributed by atoms with Crippen molar-refractivity contribution in [2.75, 3.05) is 0 Å². The number of ketones is 1. The molecular formula is C13H16N2O2. The second-order valence-corrected chi connectivity index (χ2v) is 4.24. The van der Waals surface area contributed by atoms with Gasteiger partial charge in [0.1, 0.15) is 11.5 Å². The second kappa shape index (κ2) is 4.57. The summed E-state index contributed by atoms with van der Waals surface area (Å²) in [6.45, 7) is 3.91. The van der Waals surface area contributed by atoms with E-state index in [1.165, 1.54) is 0 Å². The highest BCUT2D eigenvalue weighted by Gasteiger charge is 2.14. The standard InChI is InChI=1S/C13H16N2O2/c1-9-13(10(2)15(3)14-9)8-11(16)7-12-5-4-6-17-12/h4-6H,7-8H2,1-3H3. The Kier molecular flexibility index (Phi) is 3.13. The fourth-order valence-corrected chi connectivity index (χ4v) is 1.94. The number of rotatable bonds is 4. The van der Waals surface area contributed by atoms with Crippen molar-refractivity contribution in [3.8, 4) is 0 Å². The zero-order chi connectivity index (χ0) is 12.4. The van der Waals surface area contributed by atoms with Crippen LogP contribution >= 0.6 is 0 Å². The minimum Gasteiger partial charge on any atom is -0.469 e. The van der Waals surface area contributed by atoms with Crippen LogP contribution in [0.2, 0.25) is 0 Å². The van der Waals surface area contributed by atoms with E-state index in [1.54, 1.807) is 12.3 Å². The number of nitrogens with zero attached hydrogens (tertiary/aromatic N) is 2. The number of carbonyl (C=O) groups excluding carboxylic acids is 1. The maximum absolute atomic E-state index is 11.9. The fraction of sp³-hybridized carbons (Fsp3) is 0.385. The lowest BCUT2D eigenvalue weighted by molar-refractivity contribution is -0.118. The summed E-state index contributed by atoms with van der Waals surface area (Å²) in [6.07, 6.45) is 2.36. The van der Waals surface area contributed by atoms with Gasteiger partial charge in [-0.25, -0.2) is 0 Å². The molecule has 2 aromatic rings. The Labute approximate surface area is 100 Å². The van der Waals surface area contributed by atoms with Crippen molar-refractivity contribution in [2.45, 2.75) is 26.7 Å². The third kappa shape index (κ3) is 2.46. The largest absolute Gasteiger partial charge is 0.469 e. The first-order valence-corrected chi connectivity index (χ1v) is 5.61. The molecule has 2 heterocycles. The van der Waals surface area contributed by atoms with E-state index in [0.717, 1.165) is 17.0 Å². The molecule has 0 saturated carbocycles. The van der Waals surface area contributed by atoms with Crippen LogP contribution in [0.25, 0.3) is 0 Å². The van der Waals surface area contributed by atoms with Gasteiger partial charge < -0.3 is 4.42 Å². The molecule has 2 rings (SSSR count). The first-order chi connectivity index (χ1) is 8.08. The van der Waals surface area contributed by atoms with Crippen LogP contribution in [0.15, 0.2) is 22.8 Å². The third-order valence-electron chi connectivity index (χ3n) is 2.98.